The molecule has 24 heavy (non-hydrogen) atoms. The maximum absolute atomic E-state index is 13.5. The molecule has 1 saturated heterocycles. The van der Waals surface area contributed by atoms with Crippen LogP contribution in [0.2, 0.25) is 0 Å². The second kappa shape index (κ2) is 8.49. The van der Waals surface area contributed by atoms with Crippen LogP contribution in [0.5, 0.6) is 5.75 Å². The molecule has 1 aromatic rings. The summed E-state index contributed by atoms with van der Waals surface area (Å²) in [4.78, 5) is 23.1. The van der Waals surface area contributed by atoms with Gasteiger partial charge in [0.25, 0.3) is 0 Å². The Hall–Kier alpha value is -2.35. The van der Waals surface area contributed by atoms with Crippen molar-refractivity contribution in [1.82, 2.24) is 10.6 Å². The van der Waals surface area contributed by atoms with Gasteiger partial charge < -0.3 is 20.1 Å². The Balaban J connectivity index is 2.00. The van der Waals surface area contributed by atoms with Gasteiger partial charge in [-0.25, -0.2) is 9.18 Å². The van der Waals surface area contributed by atoms with Crippen LogP contribution in [0.3, 0.4) is 0 Å². The number of carbonyl (C=O) groups is 2. The van der Waals surface area contributed by atoms with Gasteiger partial charge in [-0.1, -0.05) is 0 Å². The van der Waals surface area contributed by atoms with Crippen molar-refractivity contribution in [3.8, 4) is 5.75 Å². The number of anilines is 1. The van der Waals surface area contributed by atoms with E-state index in [4.69, 9.17) is 9.47 Å². The van der Waals surface area contributed by atoms with Crippen molar-refractivity contribution in [2.24, 2.45) is 0 Å². The van der Waals surface area contributed by atoms with Crippen LogP contribution in [0.15, 0.2) is 18.2 Å². The van der Waals surface area contributed by atoms with Crippen LogP contribution in [0.1, 0.15) is 19.8 Å². The molecule has 1 fully saturated rings. The Labute approximate surface area is 139 Å². The van der Waals surface area contributed by atoms with Gasteiger partial charge in [0.15, 0.2) is 0 Å². The lowest BCUT2D eigenvalue weighted by molar-refractivity contribution is -0.120. The first-order valence-electron chi connectivity index (χ1n) is 7.82. The van der Waals surface area contributed by atoms with Gasteiger partial charge in [0.05, 0.1) is 11.8 Å². The van der Waals surface area contributed by atoms with Gasteiger partial charge >= 0.3 is 6.03 Å². The summed E-state index contributed by atoms with van der Waals surface area (Å²) < 4.78 is 24.7. The molecular formula is C16H22FN3O4. The highest BCUT2D eigenvalue weighted by Gasteiger charge is 2.19. The zero-order chi connectivity index (χ0) is 17.5. The highest BCUT2D eigenvalue weighted by Crippen LogP contribution is 2.27. The molecule has 3 N–H and O–H groups in total. The van der Waals surface area contributed by atoms with Crippen LogP contribution >= 0.6 is 0 Å². The lowest BCUT2D eigenvalue weighted by Crippen LogP contribution is -2.44. The smallest absolute Gasteiger partial charge is 0.321 e. The number of hydrogen-bond acceptors (Lipinski definition) is 5. The summed E-state index contributed by atoms with van der Waals surface area (Å²) in [6.07, 6.45) is 1.95. The number of halogens is 1. The van der Waals surface area contributed by atoms with Crippen LogP contribution in [0.25, 0.3) is 0 Å². The zero-order valence-electron chi connectivity index (χ0n) is 13.7. The van der Waals surface area contributed by atoms with Gasteiger partial charge in [-0.2, -0.15) is 0 Å². The molecule has 0 aromatic heterocycles. The third-order valence-corrected chi connectivity index (χ3v) is 3.62. The standard InChI is InChI=1S/C16H22FN3O4/c1-10(15(21)20-16(22)18-2)19-13-8-11(17)5-6-14(13)24-9-12-4-3-7-23-12/h5-6,8,10,12,19H,3-4,7,9H2,1-2H3,(H2,18,20,21,22)/t10-,12+/m0/s1. The van der Waals surface area contributed by atoms with Gasteiger partial charge in [-0.05, 0) is 31.9 Å². The summed E-state index contributed by atoms with van der Waals surface area (Å²) in [6, 6.07) is 2.66. The Bertz CT molecular complexity index is 591. The van der Waals surface area contributed by atoms with Crippen molar-refractivity contribution in [3.63, 3.8) is 0 Å². The van der Waals surface area contributed by atoms with Gasteiger partial charge in [0.1, 0.15) is 24.2 Å². The van der Waals surface area contributed by atoms with Gasteiger partial charge in [-0.3, -0.25) is 10.1 Å². The second-order valence-electron chi connectivity index (χ2n) is 5.52. The van der Waals surface area contributed by atoms with Crippen LogP contribution < -0.4 is 20.7 Å². The average Bonchev–Trinajstić information content (AvgIpc) is 3.07. The van der Waals surface area contributed by atoms with Crippen LogP contribution in [0.4, 0.5) is 14.9 Å². The average molecular weight is 339 g/mol. The normalized spacial score (nSPS) is 17.9. The molecule has 0 radical (unpaired) electrons. The van der Waals surface area contributed by atoms with Crippen LogP contribution in [0, 0.1) is 5.82 Å². The van der Waals surface area contributed by atoms with E-state index in [9.17, 15) is 14.0 Å². The molecule has 0 unspecified atom stereocenters. The summed E-state index contributed by atoms with van der Waals surface area (Å²) in [7, 11) is 1.41. The number of carbonyl (C=O) groups excluding carboxylic acids is 2. The van der Waals surface area contributed by atoms with Crippen LogP contribution in [-0.2, 0) is 9.53 Å². The first-order valence-corrected chi connectivity index (χ1v) is 7.82. The van der Waals surface area contributed by atoms with E-state index in [0.717, 1.165) is 19.4 Å². The Morgan fingerprint density at radius 1 is 1.46 bits per heavy atom. The van der Waals surface area contributed by atoms with Gasteiger partial charge in [0, 0.05) is 19.7 Å². The van der Waals surface area contributed by atoms with Crippen LogP contribution in [-0.4, -0.2) is 44.3 Å². The number of urea groups is 1. The lowest BCUT2D eigenvalue weighted by atomic mass is 10.2. The van der Waals surface area contributed by atoms with E-state index in [-0.39, 0.29) is 6.10 Å². The summed E-state index contributed by atoms with van der Waals surface area (Å²) in [6.45, 7) is 2.64. The maximum Gasteiger partial charge on any atom is 0.321 e. The molecule has 0 spiro atoms. The zero-order valence-corrected chi connectivity index (χ0v) is 13.7. The van der Waals surface area contributed by atoms with E-state index in [1.807, 2.05) is 0 Å². The summed E-state index contributed by atoms with van der Waals surface area (Å²) in [5.41, 5.74) is 0.340. The predicted molar refractivity (Wildman–Crippen MR) is 86.6 cm³/mol. The molecule has 132 valence electrons. The van der Waals surface area contributed by atoms with Gasteiger partial charge in [-0.15, -0.1) is 0 Å². The fourth-order valence-corrected chi connectivity index (χ4v) is 2.28. The maximum atomic E-state index is 13.5. The highest BCUT2D eigenvalue weighted by atomic mass is 19.1. The minimum absolute atomic E-state index is 0.0249. The third-order valence-electron chi connectivity index (χ3n) is 3.62. The molecule has 8 heteroatoms. The van der Waals surface area contributed by atoms with E-state index in [1.165, 1.54) is 25.2 Å². The quantitative estimate of drug-likeness (QED) is 0.733. The number of imide groups is 1. The van der Waals surface area contributed by atoms with Crippen molar-refractivity contribution in [2.75, 3.05) is 25.6 Å². The van der Waals surface area contributed by atoms with Crippen molar-refractivity contribution >= 4 is 17.6 Å². The summed E-state index contributed by atoms with van der Waals surface area (Å²) >= 11 is 0. The SMILES string of the molecule is CNC(=O)NC(=O)[C@H](C)Nc1cc(F)ccc1OC[C@H]1CCCO1. The number of nitrogens with one attached hydrogen (secondary N) is 3. The minimum atomic E-state index is -0.755. The molecule has 1 aliphatic rings. The Morgan fingerprint density at radius 3 is 2.92 bits per heavy atom. The number of benzene rings is 1. The molecule has 1 aromatic carbocycles. The molecule has 2 rings (SSSR count). The summed E-state index contributed by atoms with van der Waals surface area (Å²) in [5.74, 6) is -0.573. The molecule has 7 nitrogen and oxygen atoms in total. The second-order valence-corrected chi connectivity index (χ2v) is 5.52. The van der Waals surface area contributed by atoms with E-state index in [1.54, 1.807) is 6.92 Å². The molecule has 0 bridgehead atoms. The van der Waals surface area contributed by atoms with E-state index in [2.05, 4.69) is 16.0 Å². The largest absolute Gasteiger partial charge is 0.489 e. The highest BCUT2D eigenvalue weighted by molar-refractivity contribution is 5.98. The predicted octanol–water partition coefficient (Wildman–Crippen LogP) is 1.64. The fraction of sp³-hybridized carbons (Fsp3) is 0.500. The number of amides is 3. The minimum Gasteiger partial charge on any atom is -0.489 e. The molecule has 0 saturated carbocycles. The van der Waals surface area contributed by atoms with Crippen molar-refractivity contribution in [2.45, 2.75) is 31.9 Å². The first kappa shape index (κ1) is 18.0. The van der Waals surface area contributed by atoms with Crippen molar-refractivity contribution in [3.05, 3.63) is 24.0 Å². The van der Waals surface area contributed by atoms with Gasteiger partial charge in [0.2, 0.25) is 5.91 Å². The number of rotatable bonds is 6. The Kier molecular flexibility index (Phi) is 6.36. The summed E-state index contributed by atoms with van der Waals surface area (Å²) in [5, 5.41) is 7.30. The fourth-order valence-electron chi connectivity index (χ4n) is 2.28. The van der Waals surface area contributed by atoms with Crippen molar-refractivity contribution < 1.29 is 23.5 Å². The lowest BCUT2D eigenvalue weighted by Gasteiger charge is -2.19. The molecular weight excluding hydrogens is 317 g/mol. The topological polar surface area (TPSA) is 88.7 Å². The van der Waals surface area contributed by atoms with E-state index >= 15 is 0 Å². The monoisotopic (exact) mass is 339 g/mol. The molecule has 2 atom stereocenters. The van der Waals surface area contributed by atoms with Crippen molar-refractivity contribution in [1.29, 1.82) is 0 Å². The molecule has 1 heterocycles. The molecule has 3 amide bonds. The molecule has 1 aliphatic heterocycles. The van der Waals surface area contributed by atoms with E-state index < -0.39 is 23.8 Å². The third kappa shape index (κ3) is 5.09. The number of hydrogen-bond donors (Lipinski definition) is 3. The Morgan fingerprint density at radius 2 is 2.25 bits per heavy atom. The van der Waals surface area contributed by atoms with E-state index in [0.29, 0.717) is 18.0 Å². The number of ether oxygens (including phenoxy) is 2. The first-order chi connectivity index (χ1) is 11.5. The molecule has 0 aliphatic carbocycles.